The van der Waals surface area contributed by atoms with Gasteiger partial charge in [-0.05, 0) is 49.1 Å². The zero-order valence-corrected chi connectivity index (χ0v) is 10.1. The van der Waals surface area contributed by atoms with Gasteiger partial charge in [0.1, 0.15) is 0 Å². The Kier molecular flexibility index (Phi) is 3.24. The summed E-state index contributed by atoms with van der Waals surface area (Å²) in [5.74, 6) is 0. The van der Waals surface area contributed by atoms with Gasteiger partial charge in [0.05, 0.1) is 0 Å². The normalized spacial score (nSPS) is 20.6. The molecule has 1 aliphatic carbocycles. The van der Waals surface area contributed by atoms with E-state index in [1.165, 1.54) is 34.9 Å². The molecule has 1 atom stereocenters. The summed E-state index contributed by atoms with van der Waals surface area (Å²) in [6, 6.07) is 7.25. The topological polar surface area (TPSA) is 12.0 Å². The molecule has 0 saturated heterocycles. The van der Waals surface area contributed by atoms with Crippen molar-refractivity contribution in [3.63, 3.8) is 0 Å². The maximum absolute atomic E-state index is 3.54. The van der Waals surface area contributed by atoms with Crippen molar-refractivity contribution in [3.8, 4) is 0 Å². The van der Waals surface area contributed by atoms with Crippen LogP contribution in [0.4, 0.5) is 0 Å². The van der Waals surface area contributed by atoms with Crippen LogP contribution in [0, 0.1) is 0 Å². The van der Waals surface area contributed by atoms with Gasteiger partial charge in [0.25, 0.3) is 0 Å². The Morgan fingerprint density at radius 3 is 3.14 bits per heavy atom. The zero-order chi connectivity index (χ0) is 9.97. The van der Waals surface area contributed by atoms with E-state index in [-0.39, 0.29) is 0 Å². The van der Waals surface area contributed by atoms with Crippen LogP contribution in [-0.4, -0.2) is 6.54 Å². The van der Waals surface area contributed by atoms with Gasteiger partial charge in [0, 0.05) is 10.5 Å². The van der Waals surface area contributed by atoms with Crippen LogP contribution >= 0.6 is 15.9 Å². The minimum Gasteiger partial charge on any atom is -0.310 e. The molecule has 1 aromatic rings. The lowest BCUT2D eigenvalue weighted by Crippen LogP contribution is -2.24. The lowest BCUT2D eigenvalue weighted by molar-refractivity contribution is 0.471. The number of aryl methyl sites for hydroxylation is 1. The van der Waals surface area contributed by atoms with Gasteiger partial charge >= 0.3 is 0 Å². The summed E-state index contributed by atoms with van der Waals surface area (Å²) >= 11 is 3.53. The molecule has 1 nitrogen and oxygen atoms in total. The molecular weight excluding hydrogens is 238 g/mol. The fourth-order valence-electron chi connectivity index (χ4n) is 2.24. The molecule has 14 heavy (non-hydrogen) atoms. The molecule has 2 rings (SSSR count). The molecule has 0 fully saturated rings. The van der Waals surface area contributed by atoms with E-state index in [1.807, 2.05) is 0 Å². The van der Waals surface area contributed by atoms with Crippen molar-refractivity contribution in [2.45, 2.75) is 32.2 Å². The van der Waals surface area contributed by atoms with Gasteiger partial charge in [-0.15, -0.1) is 0 Å². The average molecular weight is 254 g/mol. The first-order valence-electron chi connectivity index (χ1n) is 5.33. The minimum atomic E-state index is 0.580. The standard InChI is InChI=1S/C12H16BrN/c1-2-14-12-5-3-4-9-8-10(13)6-7-11(9)12/h6-8,12,14H,2-5H2,1H3. The van der Waals surface area contributed by atoms with Gasteiger partial charge in [0.2, 0.25) is 0 Å². The van der Waals surface area contributed by atoms with E-state index in [0.717, 1.165) is 6.54 Å². The van der Waals surface area contributed by atoms with Gasteiger partial charge in [-0.25, -0.2) is 0 Å². The highest BCUT2D eigenvalue weighted by molar-refractivity contribution is 9.10. The molecule has 0 aliphatic heterocycles. The van der Waals surface area contributed by atoms with Crippen molar-refractivity contribution >= 4 is 15.9 Å². The maximum Gasteiger partial charge on any atom is 0.0322 e. The molecule has 1 N–H and O–H groups in total. The number of benzene rings is 1. The van der Waals surface area contributed by atoms with Crippen molar-refractivity contribution in [2.75, 3.05) is 6.54 Å². The highest BCUT2D eigenvalue weighted by atomic mass is 79.9. The minimum absolute atomic E-state index is 0.580. The van der Waals surface area contributed by atoms with Gasteiger partial charge in [-0.2, -0.15) is 0 Å². The lowest BCUT2D eigenvalue weighted by Gasteiger charge is -2.26. The zero-order valence-electron chi connectivity index (χ0n) is 8.52. The van der Waals surface area contributed by atoms with Gasteiger partial charge < -0.3 is 5.32 Å². The summed E-state index contributed by atoms with van der Waals surface area (Å²) in [7, 11) is 0. The quantitative estimate of drug-likeness (QED) is 0.852. The molecule has 1 aromatic carbocycles. The van der Waals surface area contributed by atoms with Crippen molar-refractivity contribution in [1.82, 2.24) is 5.32 Å². The predicted octanol–water partition coefficient (Wildman–Crippen LogP) is 3.44. The molecular formula is C12H16BrN. The third-order valence-corrected chi connectivity index (χ3v) is 3.36. The Balaban J connectivity index is 2.30. The lowest BCUT2D eigenvalue weighted by atomic mass is 9.88. The van der Waals surface area contributed by atoms with Crippen molar-refractivity contribution < 1.29 is 0 Å². The van der Waals surface area contributed by atoms with Crippen molar-refractivity contribution in [2.24, 2.45) is 0 Å². The molecule has 2 heteroatoms. The second-order valence-corrected chi connectivity index (χ2v) is 4.76. The van der Waals surface area contributed by atoms with E-state index in [1.54, 1.807) is 0 Å². The van der Waals surface area contributed by atoms with Crippen LogP contribution in [0.15, 0.2) is 22.7 Å². The highest BCUT2D eigenvalue weighted by Gasteiger charge is 2.18. The van der Waals surface area contributed by atoms with E-state index >= 15 is 0 Å². The summed E-state index contributed by atoms with van der Waals surface area (Å²) in [5, 5.41) is 3.54. The monoisotopic (exact) mass is 253 g/mol. The molecule has 0 aromatic heterocycles. The number of fused-ring (bicyclic) bond motifs is 1. The van der Waals surface area contributed by atoms with E-state index in [9.17, 15) is 0 Å². The summed E-state index contributed by atoms with van der Waals surface area (Å²) in [6.45, 7) is 3.23. The van der Waals surface area contributed by atoms with E-state index in [2.05, 4.69) is 46.4 Å². The fraction of sp³-hybridized carbons (Fsp3) is 0.500. The third kappa shape index (κ3) is 2.01. The number of rotatable bonds is 2. The van der Waals surface area contributed by atoms with Gasteiger partial charge in [-0.1, -0.05) is 28.9 Å². The summed E-state index contributed by atoms with van der Waals surface area (Å²) in [6.07, 6.45) is 3.82. The SMILES string of the molecule is CCNC1CCCc2cc(Br)ccc21. The summed E-state index contributed by atoms with van der Waals surface area (Å²) in [4.78, 5) is 0. The second-order valence-electron chi connectivity index (χ2n) is 3.85. The Bertz CT molecular complexity index is 322. The van der Waals surface area contributed by atoms with E-state index in [0.29, 0.717) is 6.04 Å². The summed E-state index contributed by atoms with van der Waals surface area (Å²) < 4.78 is 1.20. The molecule has 1 aliphatic rings. The van der Waals surface area contributed by atoms with E-state index in [4.69, 9.17) is 0 Å². The molecule has 0 saturated carbocycles. The average Bonchev–Trinajstić information content (AvgIpc) is 2.18. The number of halogens is 1. The molecule has 0 radical (unpaired) electrons. The van der Waals surface area contributed by atoms with Crippen LogP contribution in [0.5, 0.6) is 0 Å². The predicted molar refractivity (Wildman–Crippen MR) is 63.5 cm³/mol. The molecule has 0 heterocycles. The fourth-order valence-corrected chi connectivity index (χ4v) is 2.65. The first-order valence-corrected chi connectivity index (χ1v) is 6.12. The van der Waals surface area contributed by atoms with Crippen LogP contribution < -0.4 is 5.32 Å². The highest BCUT2D eigenvalue weighted by Crippen LogP contribution is 2.31. The molecule has 0 amide bonds. The Morgan fingerprint density at radius 2 is 2.36 bits per heavy atom. The Morgan fingerprint density at radius 1 is 1.50 bits per heavy atom. The summed E-state index contributed by atoms with van der Waals surface area (Å²) in [5.41, 5.74) is 3.01. The van der Waals surface area contributed by atoms with Gasteiger partial charge in [-0.3, -0.25) is 0 Å². The van der Waals surface area contributed by atoms with Crippen LogP contribution in [0.2, 0.25) is 0 Å². The number of hydrogen-bond acceptors (Lipinski definition) is 1. The van der Waals surface area contributed by atoms with Crippen LogP contribution in [-0.2, 0) is 6.42 Å². The first kappa shape index (κ1) is 10.2. The molecule has 1 unspecified atom stereocenters. The third-order valence-electron chi connectivity index (χ3n) is 2.87. The van der Waals surface area contributed by atoms with Crippen LogP contribution in [0.1, 0.15) is 36.9 Å². The van der Waals surface area contributed by atoms with Crippen molar-refractivity contribution in [1.29, 1.82) is 0 Å². The maximum atomic E-state index is 3.54. The number of nitrogens with one attached hydrogen (secondary N) is 1. The van der Waals surface area contributed by atoms with Crippen LogP contribution in [0.25, 0.3) is 0 Å². The number of hydrogen-bond donors (Lipinski definition) is 1. The molecule has 76 valence electrons. The largest absolute Gasteiger partial charge is 0.310 e. The second kappa shape index (κ2) is 4.45. The van der Waals surface area contributed by atoms with Gasteiger partial charge in [0.15, 0.2) is 0 Å². The molecule has 0 bridgehead atoms. The van der Waals surface area contributed by atoms with Crippen molar-refractivity contribution in [3.05, 3.63) is 33.8 Å². The Labute approximate surface area is 94.0 Å². The van der Waals surface area contributed by atoms with Crippen LogP contribution in [0.3, 0.4) is 0 Å². The smallest absolute Gasteiger partial charge is 0.0322 e. The Hall–Kier alpha value is -0.340. The first-order chi connectivity index (χ1) is 6.81. The van der Waals surface area contributed by atoms with E-state index < -0.39 is 0 Å². The molecule has 0 spiro atoms.